The van der Waals surface area contributed by atoms with Crippen molar-refractivity contribution in [3.8, 4) is 0 Å². The lowest BCUT2D eigenvalue weighted by molar-refractivity contribution is 0.0720. The molecule has 4 heterocycles. The van der Waals surface area contributed by atoms with Crippen LogP contribution >= 0.6 is 11.5 Å². The smallest absolute Gasteiger partial charge is 0.275 e. The van der Waals surface area contributed by atoms with Gasteiger partial charge in [0.1, 0.15) is 0 Å². The fourth-order valence-corrected chi connectivity index (χ4v) is 4.02. The molecule has 4 rings (SSSR count). The molecule has 0 radical (unpaired) electrons. The topological polar surface area (TPSA) is 62.2 Å². The second kappa shape index (κ2) is 5.73. The Morgan fingerprint density at radius 2 is 2.36 bits per heavy atom. The van der Waals surface area contributed by atoms with Crippen molar-refractivity contribution in [1.29, 1.82) is 0 Å². The van der Waals surface area contributed by atoms with E-state index in [4.69, 9.17) is 0 Å². The molecule has 0 unspecified atom stereocenters. The van der Waals surface area contributed by atoms with Crippen molar-refractivity contribution in [3.63, 3.8) is 0 Å². The van der Waals surface area contributed by atoms with Crippen LogP contribution in [0.2, 0.25) is 0 Å². The highest BCUT2D eigenvalue weighted by Gasteiger charge is 2.43. The Labute approximate surface area is 132 Å². The average Bonchev–Trinajstić information content (AvgIpc) is 3.24. The van der Waals surface area contributed by atoms with Crippen LogP contribution in [0.5, 0.6) is 0 Å². The summed E-state index contributed by atoms with van der Waals surface area (Å²) in [5.41, 5.74) is 1.71. The Hall–Kier alpha value is -1.86. The number of hydrogen-bond donors (Lipinski definition) is 0. The maximum absolute atomic E-state index is 12.5. The molecule has 114 valence electrons. The first-order valence-corrected chi connectivity index (χ1v) is 8.34. The van der Waals surface area contributed by atoms with Gasteiger partial charge in [0.15, 0.2) is 5.69 Å². The number of aromatic nitrogens is 3. The van der Waals surface area contributed by atoms with E-state index in [1.165, 1.54) is 17.1 Å². The van der Waals surface area contributed by atoms with Crippen molar-refractivity contribution in [3.05, 3.63) is 41.2 Å². The van der Waals surface area contributed by atoms with Crippen LogP contribution in [0, 0.1) is 5.92 Å². The second-order valence-electron chi connectivity index (χ2n) is 5.96. The zero-order chi connectivity index (χ0) is 14.9. The minimum atomic E-state index is 0.0319. The Morgan fingerprint density at radius 1 is 1.41 bits per heavy atom. The third kappa shape index (κ3) is 2.50. The summed E-state index contributed by atoms with van der Waals surface area (Å²) in [5.74, 6) is 0.608. The highest BCUT2D eigenvalue weighted by molar-refractivity contribution is 7.03. The molecule has 0 aliphatic carbocycles. The van der Waals surface area contributed by atoms with Crippen LogP contribution < -0.4 is 0 Å². The van der Waals surface area contributed by atoms with Crippen molar-refractivity contribution < 1.29 is 4.79 Å². The van der Waals surface area contributed by atoms with Gasteiger partial charge in [-0.1, -0.05) is 10.6 Å². The van der Waals surface area contributed by atoms with Gasteiger partial charge in [-0.3, -0.25) is 14.7 Å². The van der Waals surface area contributed by atoms with Gasteiger partial charge in [0.25, 0.3) is 5.91 Å². The molecule has 22 heavy (non-hydrogen) atoms. The van der Waals surface area contributed by atoms with Gasteiger partial charge in [-0.2, -0.15) is 0 Å². The predicted octanol–water partition coefficient (Wildman–Crippen LogP) is 1.28. The number of carbonyl (C=O) groups excluding carboxylic acids is 1. The molecule has 7 heteroatoms. The van der Waals surface area contributed by atoms with Gasteiger partial charge in [-0.05, 0) is 35.5 Å². The number of hydrogen-bond acceptors (Lipinski definition) is 6. The molecule has 2 atom stereocenters. The number of carbonyl (C=O) groups is 1. The van der Waals surface area contributed by atoms with E-state index >= 15 is 0 Å². The summed E-state index contributed by atoms with van der Waals surface area (Å²) >= 11 is 1.23. The molecule has 2 fully saturated rings. The van der Waals surface area contributed by atoms with E-state index in [-0.39, 0.29) is 5.91 Å². The van der Waals surface area contributed by atoms with E-state index in [2.05, 4.69) is 25.5 Å². The maximum Gasteiger partial charge on any atom is 0.275 e. The molecule has 0 bridgehead atoms. The van der Waals surface area contributed by atoms with Crippen LogP contribution in [0.1, 0.15) is 22.5 Å². The Bertz CT molecular complexity index is 647. The zero-order valence-electron chi connectivity index (χ0n) is 12.1. The summed E-state index contributed by atoms with van der Waals surface area (Å²) in [6.07, 6.45) is 4.79. The number of pyridine rings is 1. The Balaban J connectivity index is 1.44. The molecule has 0 spiro atoms. The van der Waals surface area contributed by atoms with Crippen molar-refractivity contribution in [1.82, 2.24) is 24.4 Å². The summed E-state index contributed by atoms with van der Waals surface area (Å²) < 4.78 is 3.80. The highest BCUT2D eigenvalue weighted by Crippen LogP contribution is 2.33. The van der Waals surface area contributed by atoms with Gasteiger partial charge in [-0.25, -0.2) is 0 Å². The van der Waals surface area contributed by atoms with E-state index < -0.39 is 0 Å². The molecule has 0 N–H and O–H groups in total. The van der Waals surface area contributed by atoms with Gasteiger partial charge in [0, 0.05) is 50.0 Å². The van der Waals surface area contributed by atoms with Gasteiger partial charge >= 0.3 is 0 Å². The van der Waals surface area contributed by atoms with Crippen molar-refractivity contribution in [2.45, 2.75) is 19.0 Å². The molecule has 2 aliphatic heterocycles. The van der Waals surface area contributed by atoms with Crippen LogP contribution in [0.4, 0.5) is 0 Å². The van der Waals surface area contributed by atoms with Gasteiger partial charge in [0.2, 0.25) is 0 Å². The fraction of sp³-hybridized carbons (Fsp3) is 0.467. The summed E-state index contributed by atoms with van der Waals surface area (Å²) in [5, 5.41) is 5.65. The summed E-state index contributed by atoms with van der Waals surface area (Å²) in [4.78, 5) is 21.1. The number of rotatable bonds is 3. The standard InChI is InChI=1S/C15H17N5OS/c21-15(13-10-22-18-17-13)20-5-3-12-8-19(9-14(12)20)7-11-2-1-4-16-6-11/h1-2,4,6,10,12,14H,3,5,7-9H2/t12-,14+/m0/s1. The van der Waals surface area contributed by atoms with Crippen LogP contribution in [0.15, 0.2) is 29.9 Å². The van der Waals surface area contributed by atoms with Crippen LogP contribution in [0.3, 0.4) is 0 Å². The highest BCUT2D eigenvalue weighted by atomic mass is 32.1. The third-order valence-electron chi connectivity index (χ3n) is 4.59. The van der Waals surface area contributed by atoms with Gasteiger partial charge < -0.3 is 4.90 Å². The van der Waals surface area contributed by atoms with Gasteiger partial charge in [0.05, 0.1) is 0 Å². The molecule has 0 saturated carbocycles. The minimum Gasteiger partial charge on any atom is -0.333 e. The molecule has 2 aliphatic rings. The lowest BCUT2D eigenvalue weighted by atomic mass is 10.1. The van der Waals surface area contributed by atoms with Gasteiger partial charge in [-0.15, -0.1) is 5.10 Å². The van der Waals surface area contributed by atoms with E-state index in [1.807, 2.05) is 17.2 Å². The fourth-order valence-electron chi connectivity index (χ4n) is 3.58. The average molecular weight is 315 g/mol. The van der Waals surface area contributed by atoms with Crippen molar-refractivity contribution in [2.24, 2.45) is 5.92 Å². The van der Waals surface area contributed by atoms with Crippen LogP contribution in [-0.2, 0) is 6.54 Å². The lowest BCUT2D eigenvalue weighted by Crippen LogP contribution is -2.39. The number of amides is 1. The molecule has 1 amide bonds. The number of fused-ring (bicyclic) bond motifs is 1. The number of likely N-dealkylation sites (tertiary alicyclic amines) is 2. The molecule has 0 aromatic carbocycles. The molecule has 6 nitrogen and oxygen atoms in total. The predicted molar refractivity (Wildman–Crippen MR) is 82.4 cm³/mol. The molecule has 2 saturated heterocycles. The van der Waals surface area contributed by atoms with E-state index in [9.17, 15) is 4.79 Å². The quantitative estimate of drug-likeness (QED) is 0.854. The van der Waals surface area contributed by atoms with Crippen LogP contribution in [0.25, 0.3) is 0 Å². The Morgan fingerprint density at radius 3 is 3.14 bits per heavy atom. The van der Waals surface area contributed by atoms with Crippen molar-refractivity contribution in [2.75, 3.05) is 19.6 Å². The molecular weight excluding hydrogens is 298 g/mol. The maximum atomic E-state index is 12.5. The largest absolute Gasteiger partial charge is 0.333 e. The van der Waals surface area contributed by atoms with E-state index in [0.29, 0.717) is 17.7 Å². The van der Waals surface area contributed by atoms with Crippen molar-refractivity contribution >= 4 is 17.4 Å². The summed E-state index contributed by atoms with van der Waals surface area (Å²) in [6, 6.07) is 4.38. The first-order valence-electron chi connectivity index (χ1n) is 7.50. The summed E-state index contributed by atoms with van der Waals surface area (Å²) in [6.45, 7) is 3.73. The van der Waals surface area contributed by atoms with E-state index in [1.54, 1.807) is 11.6 Å². The normalized spacial score (nSPS) is 24.6. The molecule has 2 aromatic heterocycles. The van der Waals surface area contributed by atoms with Crippen LogP contribution in [-0.4, -0.2) is 56.0 Å². The lowest BCUT2D eigenvalue weighted by Gasteiger charge is -2.24. The number of nitrogens with zero attached hydrogens (tertiary/aromatic N) is 5. The summed E-state index contributed by atoms with van der Waals surface area (Å²) in [7, 11) is 0. The molecule has 2 aromatic rings. The third-order valence-corrected chi connectivity index (χ3v) is 5.10. The first-order chi connectivity index (χ1) is 10.8. The molecular formula is C15H17N5OS. The monoisotopic (exact) mass is 315 g/mol. The SMILES string of the molecule is O=C(c1csnn1)N1CC[C@H]2CN(Cc3cccnc3)C[C@H]21. The zero-order valence-corrected chi connectivity index (χ0v) is 12.9. The first kappa shape index (κ1) is 13.8. The van der Waals surface area contributed by atoms with E-state index in [0.717, 1.165) is 32.6 Å². The Kier molecular flexibility index (Phi) is 3.59. The second-order valence-corrected chi connectivity index (χ2v) is 6.57. The minimum absolute atomic E-state index is 0.0319.